The van der Waals surface area contributed by atoms with Gasteiger partial charge in [0.2, 0.25) is 0 Å². The highest BCUT2D eigenvalue weighted by Gasteiger charge is 2.20. The van der Waals surface area contributed by atoms with Crippen LogP contribution in [0.5, 0.6) is 0 Å². The van der Waals surface area contributed by atoms with Crippen LogP contribution in [0.25, 0.3) is 112 Å². The van der Waals surface area contributed by atoms with Crippen LogP contribution in [-0.2, 0) is 0 Å². The molecule has 0 aliphatic carbocycles. The fourth-order valence-corrected chi connectivity index (χ4v) is 9.24. The summed E-state index contributed by atoms with van der Waals surface area (Å²) in [6, 6.07) is 85.7. The predicted molar refractivity (Wildman–Crippen MR) is 276 cm³/mol. The van der Waals surface area contributed by atoms with Gasteiger partial charge in [-0.15, -0.1) is 0 Å². The van der Waals surface area contributed by atoms with Crippen molar-refractivity contribution in [3.63, 3.8) is 0 Å². The maximum Gasteiger partial charge on any atom is 0.123 e. The third-order valence-corrected chi connectivity index (χ3v) is 12.5. The molecule has 0 saturated heterocycles. The quantitative estimate of drug-likeness (QED) is 0.137. The van der Waals surface area contributed by atoms with Gasteiger partial charge in [0.05, 0.1) is 11.4 Å². The highest BCUT2D eigenvalue weighted by molar-refractivity contribution is 5.98. The molecule has 67 heavy (non-hydrogen) atoms. The van der Waals surface area contributed by atoms with Gasteiger partial charge in [-0.25, -0.2) is 4.39 Å². The summed E-state index contributed by atoms with van der Waals surface area (Å²) < 4.78 is 14.3. The second-order valence-corrected chi connectivity index (χ2v) is 16.6. The van der Waals surface area contributed by atoms with Crippen LogP contribution in [0.3, 0.4) is 0 Å². The monoisotopic (exact) mass is 858 g/mol. The second-order valence-electron chi connectivity index (χ2n) is 16.6. The van der Waals surface area contributed by atoms with E-state index in [4.69, 9.17) is 9.97 Å². The van der Waals surface area contributed by atoms with Crippen LogP contribution in [0.2, 0.25) is 0 Å². The molecule has 316 valence electrons. The fraction of sp³-hybridized carbons (Fsp3) is 0. The molecule has 2 aromatic heterocycles. The Morgan fingerprint density at radius 1 is 0.209 bits per heavy atom. The van der Waals surface area contributed by atoms with Crippen LogP contribution in [0.1, 0.15) is 0 Å². The van der Waals surface area contributed by atoms with E-state index in [1.165, 1.54) is 12.1 Å². The fourth-order valence-electron chi connectivity index (χ4n) is 9.24. The van der Waals surface area contributed by atoms with E-state index < -0.39 is 0 Å². The number of hydrogen-bond donors (Lipinski definition) is 0. The summed E-state index contributed by atoms with van der Waals surface area (Å²) in [7, 11) is 0. The van der Waals surface area contributed by atoms with Crippen molar-refractivity contribution in [3.8, 4) is 112 Å². The minimum Gasteiger partial charge on any atom is -0.256 e. The SMILES string of the molecule is Fc1ccc(-c2ccccc2-c2cc(-c3ccccc3-c3cnc(-c4ccccc4)cc3-c3ccccc3)cc(-c3ccccc3-c3cnc(-c4ccccc4)cc3-c3ccccc3)c2)cc1. The topological polar surface area (TPSA) is 25.8 Å². The number of aromatic nitrogens is 2. The minimum atomic E-state index is -0.263. The molecule has 11 rings (SSSR count). The van der Waals surface area contributed by atoms with E-state index in [1.807, 2.05) is 42.7 Å². The van der Waals surface area contributed by atoms with Gasteiger partial charge in [-0.1, -0.05) is 206 Å². The number of benzene rings is 9. The Labute approximate surface area is 391 Å². The number of nitrogens with zero attached hydrogens (tertiary/aromatic N) is 2. The molecule has 0 spiro atoms. The second kappa shape index (κ2) is 18.4. The van der Waals surface area contributed by atoms with Crippen LogP contribution in [-0.4, -0.2) is 9.97 Å². The third-order valence-electron chi connectivity index (χ3n) is 12.5. The Morgan fingerprint density at radius 2 is 0.493 bits per heavy atom. The Morgan fingerprint density at radius 3 is 0.866 bits per heavy atom. The van der Waals surface area contributed by atoms with Crippen LogP contribution >= 0.6 is 0 Å². The van der Waals surface area contributed by atoms with Gasteiger partial charge >= 0.3 is 0 Å². The van der Waals surface area contributed by atoms with E-state index in [-0.39, 0.29) is 5.82 Å². The average Bonchev–Trinajstić information content (AvgIpc) is 3.41. The molecule has 0 amide bonds. The Bertz CT molecular complexity index is 3310. The summed E-state index contributed by atoms with van der Waals surface area (Å²) in [6.45, 7) is 0. The summed E-state index contributed by atoms with van der Waals surface area (Å²) in [5, 5.41) is 0. The lowest BCUT2D eigenvalue weighted by Crippen LogP contribution is -1.95. The zero-order valence-corrected chi connectivity index (χ0v) is 36.6. The van der Waals surface area contributed by atoms with E-state index >= 15 is 0 Å². The van der Waals surface area contributed by atoms with Crippen molar-refractivity contribution < 1.29 is 4.39 Å². The van der Waals surface area contributed by atoms with Gasteiger partial charge in [0.25, 0.3) is 0 Å². The molecule has 0 atom stereocenters. The normalized spacial score (nSPS) is 11.1. The lowest BCUT2D eigenvalue weighted by molar-refractivity contribution is 0.628. The largest absolute Gasteiger partial charge is 0.256 e. The van der Waals surface area contributed by atoms with Crippen molar-refractivity contribution in [2.24, 2.45) is 0 Å². The Hall–Kier alpha value is -8.79. The lowest BCUT2D eigenvalue weighted by Gasteiger charge is -2.20. The van der Waals surface area contributed by atoms with Crippen molar-refractivity contribution in [2.75, 3.05) is 0 Å². The first-order valence-corrected chi connectivity index (χ1v) is 22.6. The molecule has 0 aliphatic heterocycles. The first-order valence-electron chi connectivity index (χ1n) is 22.6. The molecule has 2 nitrogen and oxygen atoms in total. The molecule has 0 radical (unpaired) electrons. The van der Waals surface area contributed by atoms with Gasteiger partial charge in [-0.2, -0.15) is 0 Å². The molecule has 3 heteroatoms. The molecule has 0 N–H and O–H groups in total. The number of rotatable bonds is 10. The van der Waals surface area contributed by atoms with Crippen molar-refractivity contribution in [1.29, 1.82) is 0 Å². The first-order chi connectivity index (χ1) is 33.1. The average molecular weight is 859 g/mol. The van der Waals surface area contributed by atoms with Crippen molar-refractivity contribution in [2.45, 2.75) is 0 Å². The van der Waals surface area contributed by atoms with Crippen LogP contribution < -0.4 is 0 Å². The minimum absolute atomic E-state index is 0.263. The van der Waals surface area contributed by atoms with Gasteiger partial charge in [0.15, 0.2) is 0 Å². The number of pyridine rings is 2. The van der Waals surface area contributed by atoms with Gasteiger partial charge in [-0.3, -0.25) is 9.97 Å². The molecule has 2 heterocycles. The molecule has 0 saturated carbocycles. The van der Waals surface area contributed by atoms with Gasteiger partial charge in [0, 0.05) is 34.6 Å². The summed E-state index contributed by atoms with van der Waals surface area (Å²) >= 11 is 0. The van der Waals surface area contributed by atoms with Crippen LogP contribution in [0.15, 0.2) is 261 Å². The van der Waals surface area contributed by atoms with E-state index in [0.29, 0.717) is 0 Å². The molecular weight excluding hydrogens is 816 g/mol. The zero-order valence-electron chi connectivity index (χ0n) is 36.6. The molecule has 0 aliphatic rings. The number of halogens is 1. The van der Waals surface area contributed by atoms with Crippen molar-refractivity contribution in [3.05, 3.63) is 267 Å². The maximum absolute atomic E-state index is 14.3. The highest BCUT2D eigenvalue weighted by atomic mass is 19.1. The van der Waals surface area contributed by atoms with E-state index in [2.05, 4.69) is 206 Å². The summed E-state index contributed by atoms with van der Waals surface area (Å²) in [5.74, 6) is -0.263. The maximum atomic E-state index is 14.3. The standard InChI is InChI=1S/C64H43FN2/c65-52-35-33-46(34-36-52)53-27-13-14-28-54(53)49-37-50(55-29-15-17-31-57(55)61-42-66-63(47-23-9-3-10-24-47)40-59(61)44-19-5-1-6-20-44)39-51(38-49)56-30-16-18-32-58(56)62-43-67-64(48-25-11-4-12-26-48)41-60(62)45-21-7-2-8-22-45/h1-43H. The molecule has 11 aromatic rings. The van der Waals surface area contributed by atoms with E-state index in [1.54, 1.807) is 0 Å². The molecule has 0 bridgehead atoms. The molecule has 0 fully saturated rings. The smallest absolute Gasteiger partial charge is 0.123 e. The third kappa shape index (κ3) is 8.39. The summed E-state index contributed by atoms with van der Waals surface area (Å²) in [4.78, 5) is 10.2. The molecular formula is C64H43FN2. The lowest BCUT2D eigenvalue weighted by atomic mass is 9.84. The zero-order chi connectivity index (χ0) is 44.9. The molecule has 9 aromatic carbocycles. The van der Waals surface area contributed by atoms with Gasteiger partial charge < -0.3 is 0 Å². The highest BCUT2D eigenvalue weighted by Crippen LogP contribution is 2.45. The first kappa shape index (κ1) is 40.9. The van der Waals surface area contributed by atoms with Crippen LogP contribution in [0.4, 0.5) is 4.39 Å². The van der Waals surface area contributed by atoms with Crippen molar-refractivity contribution >= 4 is 0 Å². The van der Waals surface area contributed by atoms with E-state index in [9.17, 15) is 4.39 Å². The summed E-state index contributed by atoms with van der Waals surface area (Å²) in [6.07, 6.45) is 4.06. The predicted octanol–water partition coefficient (Wildman–Crippen LogP) is 17.3. The number of hydrogen-bond acceptors (Lipinski definition) is 2. The van der Waals surface area contributed by atoms with Gasteiger partial charge in [-0.05, 0) is 120 Å². The molecule has 0 unspecified atom stereocenters. The van der Waals surface area contributed by atoms with Crippen LogP contribution in [0, 0.1) is 5.82 Å². The van der Waals surface area contributed by atoms with Crippen molar-refractivity contribution in [1.82, 2.24) is 9.97 Å². The van der Waals surface area contributed by atoms with E-state index in [0.717, 1.165) is 112 Å². The van der Waals surface area contributed by atoms with Gasteiger partial charge in [0.1, 0.15) is 5.82 Å². The Kier molecular flexibility index (Phi) is 11.2. The summed E-state index contributed by atoms with van der Waals surface area (Å²) in [5.41, 5.74) is 20.9. The Balaban J connectivity index is 1.14.